The van der Waals surface area contributed by atoms with Gasteiger partial charge in [0.15, 0.2) is 0 Å². The quantitative estimate of drug-likeness (QED) is 0.276. The number of amides is 1. The van der Waals surface area contributed by atoms with Crippen LogP contribution in [-0.2, 0) is 6.54 Å². The number of nitrogens with zero attached hydrogens (tertiary/aromatic N) is 1. The van der Waals surface area contributed by atoms with Crippen LogP contribution in [0.1, 0.15) is 47.8 Å². The lowest BCUT2D eigenvalue weighted by molar-refractivity contribution is 0.0596. The Bertz CT molecular complexity index is 1380. The number of rotatable bonds is 6. The number of anilines is 1. The lowest BCUT2D eigenvalue weighted by Gasteiger charge is -2.36. The van der Waals surface area contributed by atoms with E-state index in [0.29, 0.717) is 21.4 Å². The first-order chi connectivity index (χ1) is 17.4. The topological polar surface area (TPSA) is 32.3 Å². The molecule has 1 fully saturated rings. The maximum Gasteiger partial charge on any atom is 0.266 e. The van der Waals surface area contributed by atoms with Crippen molar-refractivity contribution in [2.75, 3.05) is 12.4 Å². The van der Waals surface area contributed by atoms with E-state index in [4.69, 9.17) is 11.6 Å². The fraction of sp³-hybridized carbons (Fsp3) is 0.300. The van der Waals surface area contributed by atoms with E-state index >= 15 is 4.39 Å². The molecule has 3 aromatic carbocycles. The summed E-state index contributed by atoms with van der Waals surface area (Å²) in [6, 6.07) is 21.1. The molecule has 1 N–H and O–H groups in total. The van der Waals surface area contributed by atoms with E-state index in [-0.39, 0.29) is 24.3 Å². The van der Waals surface area contributed by atoms with Crippen molar-refractivity contribution < 1.29 is 9.18 Å². The second kappa shape index (κ2) is 10.6. The molecule has 1 aliphatic carbocycles. The Morgan fingerprint density at radius 2 is 1.72 bits per heavy atom. The molecule has 0 atom stereocenters. The van der Waals surface area contributed by atoms with Crippen molar-refractivity contribution >= 4 is 44.6 Å². The predicted molar refractivity (Wildman–Crippen MR) is 150 cm³/mol. The molecular formula is C30H30ClFN2OS. The van der Waals surface area contributed by atoms with Gasteiger partial charge >= 0.3 is 0 Å². The van der Waals surface area contributed by atoms with Crippen LogP contribution in [0.4, 0.5) is 10.1 Å². The van der Waals surface area contributed by atoms with Crippen LogP contribution in [0.15, 0.2) is 66.7 Å². The third kappa shape index (κ3) is 5.00. The molecule has 1 saturated carbocycles. The first-order valence-corrected chi connectivity index (χ1v) is 13.7. The number of hydrogen-bond acceptors (Lipinski definition) is 3. The number of fused-ring (bicyclic) bond motifs is 1. The molecule has 0 spiro atoms. The molecule has 4 aromatic rings. The number of carbonyl (C=O) groups is 1. The Hall–Kier alpha value is -2.89. The van der Waals surface area contributed by atoms with Gasteiger partial charge in [-0.25, -0.2) is 4.39 Å². The molecule has 1 amide bonds. The van der Waals surface area contributed by atoms with Crippen molar-refractivity contribution in [1.29, 1.82) is 0 Å². The number of hydrogen-bond donors (Lipinski definition) is 1. The highest BCUT2D eigenvalue weighted by molar-refractivity contribution is 7.21. The molecule has 0 unspecified atom stereocenters. The zero-order valence-corrected chi connectivity index (χ0v) is 22.1. The molecular weight excluding hydrogens is 491 g/mol. The van der Waals surface area contributed by atoms with Gasteiger partial charge in [0.05, 0.1) is 5.02 Å². The van der Waals surface area contributed by atoms with Gasteiger partial charge in [-0.05, 0) is 73.1 Å². The van der Waals surface area contributed by atoms with Gasteiger partial charge < -0.3 is 10.2 Å². The zero-order valence-electron chi connectivity index (χ0n) is 20.6. The molecule has 186 valence electrons. The van der Waals surface area contributed by atoms with Crippen LogP contribution in [0, 0.1) is 11.7 Å². The third-order valence-corrected chi connectivity index (χ3v) is 8.97. The average molecular weight is 521 g/mol. The molecule has 1 aliphatic rings. The van der Waals surface area contributed by atoms with Crippen molar-refractivity contribution in [3.8, 4) is 11.1 Å². The smallest absolute Gasteiger partial charge is 0.266 e. The lowest BCUT2D eigenvalue weighted by atomic mass is 9.86. The van der Waals surface area contributed by atoms with Crippen LogP contribution in [0.2, 0.25) is 5.02 Å². The third-order valence-electron chi connectivity index (χ3n) is 7.31. The van der Waals surface area contributed by atoms with E-state index < -0.39 is 0 Å². The largest absolute Gasteiger partial charge is 0.388 e. The summed E-state index contributed by atoms with van der Waals surface area (Å²) >= 11 is 8.13. The van der Waals surface area contributed by atoms with Crippen molar-refractivity contribution in [3.05, 3.63) is 88.0 Å². The van der Waals surface area contributed by atoms with Crippen LogP contribution in [0.25, 0.3) is 21.2 Å². The van der Waals surface area contributed by atoms with Crippen LogP contribution in [-0.4, -0.2) is 23.9 Å². The summed E-state index contributed by atoms with van der Waals surface area (Å²) in [5.41, 5.74) is 3.48. The Labute approximate surface area is 220 Å². The molecule has 0 bridgehead atoms. The van der Waals surface area contributed by atoms with Gasteiger partial charge in [0.1, 0.15) is 10.7 Å². The predicted octanol–water partition coefficient (Wildman–Crippen LogP) is 8.62. The van der Waals surface area contributed by atoms with Crippen LogP contribution < -0.4 is 5.32 Å². The number of thiophene rings is 1. The van der Waals surface area contributed by atoms with Gasteiger partial charge in [0.2, 0.25) is 0 Å². The van der Waals surface area contributed by atoms with Gasteiger partial charge in [0, 0.05) is 41.0 Å². The zero-order chi connectivity index (χ0) is 25.2. The second-order valence-corrected chi connectivity index (χ2v) is 11.2. The normalized spacial score (nSPS) is 17.8. The Kier molecular flexibility index (Phi) is 7.31. The van der Waals surface area contributed by atoms with E-state index in [9.17, 15) is 4.79 Å². The van der Waals surface area contributed by atoms with Gasteiger partial charge in [0.25, 0.3) is 5.91 Å². The molecule has 36 heavy (non-hydrogen) atoms. The van der Waals surface area contributed by atoms with Crippen molar-refractivity contribution in [3.63, 3.8) is 0 Å². The molecule has 5 rings (SSSR count). The number of carbonyl (C=O) groups excluding carboxylic acids is 1. The Morgan fingerprint density at radius 3 is 2.42 bits per heavy atom. The molecule has 6 heteroatoms. The summed E-state index contributed by atoms with van der Waals surface area (Å²) < 4.78 is 16.1. The Balaban J connectivity index is 1.50. The summed E-state index contributed by atoms with van der Waals surface area (Å²) in [4.78, 5) is 16.4. The van der Waals surface area contributed by atoms with E-state index in [0.717, 1.165) is 52.6 Å². The maximum atomic E-state index is 15.1. The first kappa shape index (κ1) is 24.8. The molecule has 1 heterocycles. The van der Waals surface area contributed by atoms with Crippen molar-refractivity contribution in [2.24, 2.45) is 5.92 Å². The highest BCUT2D eigenvalue weighted by Gasteiger charge is 2.31. The number of benzene rings is 3. The summed E-state index contributed by atoms with van der Waals surface area (Å²) in [5.74, 6) is 0.241. The monoisotopic (exact) mass is 520 g/mol. The van der Waals surface area contributed by atoms with E-state index in [2.05, 4.69) is 12.2 Å². The van der Waals surface area contributed by atoms with Crippen LogP contribution in [0.3, 0.4) is 0 Å². The summed E-state index contributed by atoms with van der Waals surface area (Å²) in [6.07, 6.45) is 3.97. The highest BCUT2D eigenvalue weighted by atomic mass is 35.5. The molecule has 0 radical (unpaired) electrons. The Morgan fingerprint density at radius 1 is 1.03 bits per heavy atom. The second-order valence-electron chi connectivity index (χ2n) is 9.72. The number of nitrogens with one attached hydrogen (secondary N) is 1. The average Bonchev–Trinajstić information content (AvgIpc) is 3.25. The fourth-order valence-electron chi connectivity index (χ4n) is 5.09. The number of halogens is 2. The maximum absolute atomic E-state index is 15.1. The van der Waals surface area contributed by atoms with Crippen LogP contribution >= 0.6 is 22.9 Å². The first-order valence-electron chi connectivity index (χ1n) is 12.5. The SMILES string of the molecule is CNc1ccc(-c2ccc(F)c(CN(C(=O)c3sc4ccccc4c3Cl)[C@H]3CC[C@H](C)CC3)c2)cc1. The van der Waals surface area contributed by atoms with E-state index in [1.165, 1.54) is 17.4 Å². The van der Waals surface area contributed by atoms with Crippen LogP contribution in [0.5, 0.6) is 0 Å². The standard InChI is InChI=1S/C30H30ClFN2OS/c1-19-7-14-24(15-8-19)34(30(35)29-28(31)25-5-3-4-6-27(25)36-29)18-22-17-21(11-16-26(22)32)20-9-12-23(33-2)13-10-20/h3-6,9-13,16-17,19,24,33H,7-8,14-15,18H2,1-2H3/t19-,24-. The van der Waals surface area contributed by atoms with Gasteiger partial charge in [-0.1, -0.05) is 54.9 Å². The molecule has 0 aliphatic heterocycles. The minimum Gasteiger partial charge on any atom is -0.388 e. The van der Waals surface area contributed by atoms with Crippen molar-refractivity contribution in [2.45, 2.75) is 45.2 Å². The highest BCUT2D eigenvalue weighted by Crippen LogP contribution is 2.38. The summed E-state index contributed by atoms with van der Waals surface area (Å²) in [6.45, 7) is 2.48. The fourth-order valence-corrected chi connectivity index (χ4v) is 6.56. The minimum atomic E-state index is -0.296. The van der Waals surface area contributed by atoms with Crippen molar-refractivity contribution in [1.82, 2.24) is 4.90 Å². The van der Waals surface area contributed by atoms with E-state index in [1.54, 1.807) is 6.07 Å². The molecule has 1 aromatic heterocycles. The molecule has 3 nitrogen and oxygen atoms in total. The van der Waals surface area contributed by atoms with Gasteiger partial charge in [-0.3, -0.25) is 4.79 Å². The summed E-state index contributed by atoms with van der Waals surface area (Å²) in [5, 5.41) is 4.51. The lowest BCUT2D eigenvalue weighted by Crippen LogP contribution is -2.41. The van der Waals surface area contributed by atoms with Gasteiger partial charge in [-0.15, -0.1) is 11.3 Å². The molecule has 0 saturated heterocycles. The minimum absolute atomic E-state index is 0.0629. The van der Waals surface area contributed by atoms with Gasteiger partial charge in [-0.2, -0.15) is 0 Å². The summed E-state index contributed by atoms with van der Waals surface area (Å²) in [7, 11) is 1.88. The van der Waals surface area contributed by atoms with E-state index in [1.807, 2.05) is 66.5 Å².